The summed E-state index contributed by atoms with van der Waals surface area (Å²) in [4.78, 5) is 0. The summed E-state index contributed by atoms with van der Waals surface area (Å²) >= 11 is 0. The van der Waals surface area contributed by atoms with Crippen molar-refractivity contribution in [2.24, 2.45) is 0 Å². The third kappa shape index (κ3) is 3.16. The van der Waals surface area contributed by atoms with Gasteiger partial charge in [-0.1, -0.05) is 13.8 Å². The largest absolute Gasteiger partial charge is 0.333 e. The highest BCUT2D eigenvalue weighted by Crippen LogP contribution is 2.62. The number of rotatable bonds is 7. The van der Waals surface area contributed by atoms with Crippen LogP contribution in [0.15, 0.2) is 0 Å². The fourth-order valence-corrected chi connectivity index (χ4v) is 5.01. The Kier molecular flexibility index (Phi) is 6.41. The molecule has 6 nitrogen and oxygen atoms in total. The molecule has 0 rings (SSSR count). The summed E-state index contributed by atoms with van der Waals surface area (Å²) in [5.41, 5.74) is -1.18. The molecule has 2 unspecified atom stereocenters. The Bertz CT molecular complexity index is 259. The van der Waals surface area contributed by atoms with E-state index >= 15 is 0 Å². The van der Waals surface area contributed by atoms with Gasteiger partial charge in [0.1, 0.15) is 0 Å². The molecule has 0 heterocycles. The van der Waals surface area contributed by atoms with Crippen LogP contribution in [-0.2, 0) is 27.2 Å². The topological polar surface area (TPSA) is 71.1 Å². The van der Waals surface area contributed by atoms with Crippen LogP contribution in [0.4, 0.5) is 0 Å². The fraction of sp³-hybridized carbons (Fsp3) is 1.00. The summed E-state index contributed by atoms with van der Waals surface area (Å²) in [6.45, 7) is 3.26. The lowest BCUT2D eigenvalue weighted by molar-refractivity contribution is 0.249. The minimum Gasteiger partial charge on any atom is -0.312 e. The van der Waals surface area contributed by atoms with Gasteiger partial charge in [0.2, 0.25) is 0 Å². The zero-order chi connectivity index (χ0) is 13.0. The Hall–Kier alpha value is 0.300. The Labute approximate surface area is 96.7 Å². The van der Waals surface area contributed by atoms with E-state index in [4.69, 9.17) is 18.1 Å². The molecule has 0 N–H and O–H groups in total. The van der Waals surface area contributed by atoms with Crippen LogP contribution in [0.3, 0.4) is 0 Å². The van der Waals surface area contributed by atoms with Gasteiger partial charge in [-0.25, -0.2) is 0 Å². The van der Waals surface area contributed by atoms with Crippen LogP contribution in [0.2, 0.25) is 0 Å². The maximum atomic E-state index is 12.1. The average Bonchev–Trinajstić information content (AvgIpc) is 2.34. The Balaban J connectivity index is 5.06. The summed E-state index contributed by atoms with van der Waals surface area (Å²) in [6.07, 6.45) is 0. The van der Waals surface area contributed by atoms with Gasteiger partial charge in [0.05, 0.1) is 11.3 Å². The lowest BCUT2D eigenvalue weighted by atomic mass is 10.4. The van der Waals surface area contributed by atoms with Crippen molar-refractivity contribution in [1.29, 1.82) is 0 Å². The molecule has 0 saturated carbocycles. The molecule has 0 fully saturated rings. The monoisotopic (exact) mass is 274 g/mol. The van der Waals surface area contributed by atoms with Crippen LogP contribution in [0, 0.1) is 0 Å². The molecule has 0 aromatic rings. The minimum absolute atomic E-state index is 0.590. The molecule has 2 atom stereocenters. The Morgan fingerprint density at radius 3 is 1.00 bits per heavy atom. The Morgan fingerprint density at radius 2 is 0.875 bits per heavy atom. The first-order valence-corrected chi connectivity index (χ1v) is 7.96. The molecule has 8 heteroatoms. The van der Waals surface area contributed by atoms with Crippen molar-refractivity contribution in [2.75, 3.05) is 28.4 Å². The minimum atomic E-state index is -3.28. The van der Waals surface area contributed by atoms with Gasteiger partial charge in [0.25, 0.3) is 0 Å². The molecule has 0 spiro atoms. The van der Waals surface area contributed by atoms with Crippen LogP contribution in [0.25, 0.3) is 0 Å². The normalized spacial score (nSPS) is 17.1. The fourth-order valence-electron chi connectivity index (χ4n) is 1.34. The molecule has 0 aliphatic rings. The SMILES string of the molecule is COP(=O)(OC)C(C)C(C)P(=O)(OC)OC. The quantitative estimate of drug-likeness (QED) is 0.665. The summed E-state index contributed by atoms with van der Waals surface area (Å²) in [5, 5.41) is 0. The van der Waals surface area contributed by atoms with Crippen LogP contribution in [-0.4, -0.2) is 39.8 Å². The van der Waals surface area contributed by atoms with Crippen LogP contribution < -0.4 is 0 Å². The van der Waals surface area contributed by atoms with Crippen LogP contribution >= 0.6 is 15.2 Å². The van der Waals surface area contributed by atoms with Gasteiger partial charge >= 0.3 is 15.2 Å². The van der Waals surface area contributed by atoms with Gasteiger partial charge in [-0.15, -0.1) is 0 Å². The van der Waals surface area contributed by atoms with Crippen LogP contribution in [0.1, 0.15) is 13.8 Å². The lowest BCUT2D eigenvalue weighted by Crippen LogP contribution is -2.23. The smallest absolute Gasteiger partial charge is 0.312 e. The molecule has 0 aromatic carbocycles. The van der Waals surface area contributed by atoms with E-state index in [-0.39, 0.29) is 0 Å². The van der Waals surface area contributed by atoms with Crippen molar-refractivity contribution in [3.05, 3.63) is 0 Å². The van der Waals surface area contributed by atoms with Crippen molar-refractivity contribution < 1.29 is 27.2 Å². The van der Waals surface area contributed by atoms with E-state index < -0.39 is 26.5 Å². The maximum Gasteiger partial charge on any atom is 0.333 e. The number of hydrogen-bond acceptors (Lipinski definition) is 6. The average molecular weight is 274 g/mol. The van der Waals surface area contributed by atoms with E-state index in [1.54, 1.807) is 13.8 Å². The van der Waals surface area contributed by atoms with E-state index in [0.717, 1.165) is 0 Å². The first kappa shape index (κ1) is 16.3. The first-order valence-electron chi connectivity index (χ1n) is 4.73. The van der Waals surface area contributed by atoms with E-state index in [0.29, 0.717) is 0 Å². The molecule has 0 radical (unpaired) electrons. The second-order valence-electron chi connectivity index (χ2n) is 3.29. The second kappa shape index (κ2) is 6.29. The summed E-state index contributed by atoms with van der Waals surface area (Å²) < 4.78 is 43.6. The zero-order valence-electron chi connectivity index (χ0n) is 10.5. The molecular formula is C8H20O6P2. The molecule has 0 aliphatic carbocycles. The highest BCUT2D eigenvalue weighted by molar-refractivity contribution is 7.59. The van der Waals surface area contributed by atoms with E-state index in [1.807, 2.05) is 0 Å². The Morgan fingerprint density at radius 1 is 0.688 bits per heavy atom. The third-order valence-electron chi connectivity index (χ3n) is 2.71. The third-order valence-corrected chi connectivity index (χ3v) is 7.87. The zero-order valence-corrected chi connectivity index (χ0v) is 12.3. The second-order valence-corrected chi connectivity index (χ2v) is 8.54. The van der Waals surface area contributed by atoms with Crippen molar-refractivity contribution in [3.8, 4) is 0 Å². The van der Waals surface area contributed by atoms with Gasteiger partial charge in [0, 0.05) is 28.4 Å². The molecule has 0 saturated heterocycles. The predicted octanol–water partition coefficient (Wildman–Crippen LogP) is 2.74. The lowest BCUT2D eigenvalue weighted by Gasteiger charge is -2.29. The molecular weight excluding hydrogens is 254 g/mol. The molecule has 0 bridgehead atoms. The van der Waals surface area contributed by atoms with Crippen LogP contribution in [0.5, 0.6) is 0 Å². The van der Waals surface area contributed by atoms with E-state index in [1.165, 1.54) is 28.4 Å². The molecule has 0 aromatic heterocycles. The van der Waals surface area contributed by atoms with Gasteiger partial charge in [-0.2, -0.15) is 0 Å². The van der Waals surface area contributed by atoms with Gasteiger partial charge in [-0.05, 0) is 0 Å². The van der Waals surface area contributed by atoms with E-state index in [2.05, 4.69) is 0 Å². The predicted molar refractivity (Wildman–Crippen MR) is 62.2 cm³/mol. The maximum absolute atomic E-state index is 12.1. The number of hydrogen-bond donors (Lipinski definition) is 0. The standard InChI is InChI=1S/C8H20O6P2/c1-7(15(9,11-3)12-4)8(2)16(10,13-5)14-6/h7-8H,1-6H3. The summed E-state index contributed by atoms with van der Waals surface area (Å²) in [6, 6.07) is 0. The van der Waals surface area contributed by atoms with Crippen molar-refractivity contribution in [1.82, 2.24) is 0 Å². The molecule has 0 amide bonds. The highest BCUT2D eigenvalue weighted by atomic mass is 31.2. The van der Waals surface area contributed by atoms with Crippen molar-refractivity contribution in [3.63, 3.8) is 0 Å². The van der Waals surface area contributed by atoms with Crippen molar-refractivity contribution >= 4 is 15.2 Å². The van der Waals surface area contributed by atoms with Gasteiger partial charge in [0.15, 0.2) is 0 Å². The highest BCUT2D eigenvalue weighted by Gasteiger charge is 2.44. The van der Waals surface area contributed by atoms with E-state index in [9.17, 15) is 9.13 Å². The first-order chi connectivity index (χ1) is 7.31. The summed E-state index contributed by atoms with van der Waals surface area (Å²) in [5.74, 6) is 0. The molecule has 0 aliphatic heterocycles. The molecule has 16 heavy (non-hydrogen) atoms. The van der Waals surface area contributed by atoms with Gasteiger partial charge in [-0.3, -0.25) is 9.13 Å². The van der Waals surface area contributed by atoms with Gasteiger partial charge < -0.3 is 18.1 Å². The molecule has 98 valence electrons. The summed E-state index contributed by atoms with van der Waals surface area (Å²) in [7, 11) is -1.41. The van der Waals surface area contributed by atoms with Crippen molar-refractivity contribution in [2.45, 2.75) is 25.2 Å².